The van der Waals surface area contributed by atoms with Crippen LogP contribution in [0.3, 0.4) is 0 Å². The predicted octanol–water partition coefficient (Wildman–Crippen LogP) is 4.92. The molecule has 0 aliphatic heterocycles. The van der Waals surface area contributed by atoms with Gasteiger partial charge in [0.2, 0.25) is 0 Å². The van der Waals surface area contributed by atoms with Gasteiger partial charge in [0.15, 0.2) is 0 Å². The van der Waals surface area contributed by atoms with E-state index in [1.165, 1.54) is 0 Å². The first-order valence-corrected chi connectivity index (χ1v) is 6.55. The van der Waals surface area contributed by atoms with Crippen LogP contribution in [0.1, 0.15) is 18.4 Å². The Morgan fingerprint density at radius 1 is 1.00 bits per heavy atom. The fourth-order valence-electron chi connectivity index (χ4n) is 1.90. The average molecular weight is 312 g/mol. The van der Waals surface area contributed by atoms with Crippen molar-refractivity contribution in [3.8, 4) is 5.75 Å². The van der Waals surface area contributed by atoms with Crippen LogP contribution in [-0.4, -0.2) is 13.8 Å². The third-order valence-electron chi connectivity index (χ3n) is 2.57. The summed E-state index contributed by atoms with van der Waals surface area (Å²) in [5.41, 5.74) is 1.78. The second-order valence-electron chi connectivity index (χ2n) is 4.19. The zero-order chi connectivity index (χ0) is 12.7. The lowest BCUT2D eigenvalue weighted by molar-refractivity contribution is 0.475. The summed E-state index contributed by atoms with van der Waals surface area (Å²) in [6, 6.07) is 6.75. The normalized spacial score (nSPS) is 22.0. The van der Waals surface area contributed by atoms with Crippen molar-refractivity contribution in [2.75, 3.05) is 0 Å². The minimum atomic E-state index is -1.06. The van der Waals surface area contributed by atoms with Crippen LogP contribution in [0.4, 0.5) is 0 Å². The van der Waals surface area contributed by atoms with Crippen LogP contribution in [0.25, 0.3) is 5.57 Å². The first-order valence-electron chi connectivity index (χ1n) is 5.04. The van der Waals surface area contributed by atoms with E-state index in [-0.39, 0.29) is 12.2 Å². The van der Waals surface area contributed by atoms with Crippen LogP contribution in [0.2, 0.25) is 0 Å². The van der Waals surface area contributed by atoms with Gasteiger partial charge in [0.05, 0.1) is 0 Å². The van der Waals surface area contributed by atoms with Gasteiger partial charge in [-0.3, -0.25) is 0 Å². The minimum absolute atomic E-state index is 0.205. The van der Waals surface area contributed by atoms with Crippen molar-refractivity contribution in [1.29, 1.82) is 0 Å². The molecule has 0 amide bonds. The van der Waals surface area contributed by atoms with Crippen molar-refractivity contribution in [3.05, 3.63) is 35.9 Å². The van der Waals surface area contributed by atoms with E-state index in [1.54, 1.807) is 30.3 Å². The number of allylic oxidation sites excluding steroid dienone is 2. The number of alkyl halides is 4. The number of hydrogen-bond donors (Lipinski definition) is 1. The number of hydrogen-bond acceptors (Lipinski definition) is 1. The molecule has 0 fully saturated rings. The van der Waals surface area contributed by atoms with Crippen LogP contribution in [0.5, 0.6) is 5.75 Å². The molecule has 0 saturated heterocycles. The number of phenols is 1. The van der Waals surface area contributed by atoms with E-state index in [0.717, 1.165) is 11.1 Å². The van der Waals surface area contributed by atoms with Crippen LogP contribution in [0, 0.1) is 0 Å². The minimum Gasteiger partial charge on any atom is -0.508 e. The number of halogens is 4. The van der Waals surface area contributed by atoms with E-state index < -0.39 is 8.67 Å². The fourth-order valence-corrected chi connectivity index (χ4v) is 3.61. The molecule has 0 atom stereocenters. The number of phenolic OH excluding ortho intramolecular Hbond substituents is 1. The first-order chi connectivity index (χ1) is 7.77. The number of aromatic hydroxyl groups is 1. The van der Waals surface area contributed by atoms with Crippen molar-refractivity contribution < 1.29 is 5.11 Å². The SMILES string of the molecule is Oc1ccc(C2=CC(Cl)(Cl)CC(Cl)(Cl)C2)cc1. The molecule has 1 aromatic carbocycles. The molecule has 0 saturated carbocycles. The maximum Gasteiger partial charge on any atom is 0.139 e. The summed E-state index contributed by atoms with van der Waals surface area (Å²) in [7, 11) is 0. The standard InChI is InChI=1S/C12H10Cl4O/c13-11(14)5-9(6-12(15,16)7-11)8-1-3-10(17)4-2-8/h1-5,17H,6-7H2. The smallest absolute Gasteiger partial charge is 0.139 e. The van der Waals surface area contributed by atoms with Gasteiger partial charge in [0, 0.05) is 12.8 Å². The monoisotopic (exact) mass is 310 g/mol. The fraction of sp³-hybridized carbons (Fsp3) is 0.333. The van der Waals surface area contributed by atoms with Gasteiger partial charge in [-0.05, 0) is 29.3 Å². The highest BCUT2D eigenvalue weighted by Gasteiger charge is 2.40. The van der Waals surface area contributed by atoms with Crippen LogP contribution in [0.15, 0.2) is 30.3 Å². The van der Waals surface area contributed by atoms with Gasteiger partial charge in [-0.2, -0.15) is 0 Å². The predicted molar refractivity (Wildman–Crippen MR) is 74.2 cm³/mol. The Hall–Kier alpha value is -0.0800. The second-order valence-corrected chi connectivity index (χ2v) is 7.37. The third-order valence-corrected chi connectivity index (χ3v) is 3.59. The molecule has 1 nitrogen and oxygen atoms in total. The lowest BCUT2D eigenvalue weighted by atomic mass is 9.92. The Kier molecular flexibility index (Phi) is 3.57. The van der Waals surface area contributed by atoms with Crippen molar-refractivity contribution in [1.82, 2.24) is 0 Å². The Labute approximate surface area is 120 Å². The molecule has 0 bridgehead atoms. The summed E-state index contributed by atoms with van der Waals surface area (Å²) >= 11 is 24.5. The first kappa shape index (κ1) is 13.4. The van der Waals surface area contributed by atoms with E-state index in [4.69, 9.17) is 46.4 Å². The summed E-state index contributed by atoms with van der Waals surface area (Å²) in [6.07, 6.45) is 2.52. The molecular weight excluding hydrogens is 302 g/mol. The van der Waals surface area contributed by atoms with E-state index in [9.17, 15) is 5.11 Å². The second kappa shape index (κ2) is 4.55. The van der Waals surface area contributed by atoms with Gasteiger partial charge in [0.25, 0.3) is 0 Å². The summed E-state index contributed by atoms with van der Waals surface area (Å²) in [5.74, 6) is 0.205. The summed E-state index contributed by atoms with van der Waals surface area (Å²) in [4.78, 5) is 0. The molecule has 1 aromatic rings. The quantitative estimate of drug-likeness (QED) is 0.730. The summed E-state index contributed by atoms with van der Waals surface area (Å²) < 4.78 is -2.03. The molecule has 17 heavy (non-hydrogen) atoms. The van der Waals surface area contributed by atoms with E-state index >= 15 is 0 Å². The highest BCUT2D eigenvalue weighted by Crippen LogP contribution is 2.49. The van der Waals surface area contributed by atoms with Crippen molar-refractivity contribution >= 4 is 52.0 Å². The van der Waals surface area contributed by atoms with Crippen molar-refractivity contribution in [2.45, 2.75) is 21.5 Å². The van der Waals surface area contributed by atoms with Gasteiger partial charge in [-0.25, -0.2) is 0 Å². The molecule has 5 heteroatoms. The van der Waals surface area contributed by atoms with Crippen LogP contribution < -0.4 is 0 Å². The van der Waals surface area contributed by atoms with Crippen LogP contribution in [-0.2, 0) is 0 Å². The average Bonchev–Trinajstić information content (AvgIpc) is 2.13. The largest absolute Gasteiger partial charge is 0.508 e. The molecule has 0 aromatic heterocycles. The Balaban J connectivity index is 2.38. The molecule has 0 radical (unpaired) electrons. The van der Waals surface area contributed by atoms with Gasteiger partial charge in [-0.15, -0.1) is 23.2 Å². The topological polar surface area (TPSA) is 20.2 Å². The lowest BCUT2D eigenvalue weighted by Gasteiger charge is -2.32. The zero-order valence-electron chi connectivity index (χ0n) is 8.76. The lowest BCUT2D eigenvalue weighted by Crippen LogP contribution is -2.29. The summed E-state index contributed by atoms with van der Waals surface area (Å²) in [5, 5.41) is 9.24. The van der Waals surface area contributed by atoms with Gasteiger partial charge in [-0.1, -0.05) is 35.3 Å². The molecular formula is C12H10Cl4O. The number of benzene rings is 1. The number of rotatable bonds is 1. The molecule has 2 rings (SSSR count). The Morgan fingerprint density at radius 2 is 1.59 bits per heavy atom. The van der Waals surface area contributed by atoms with Crippen molar-refractivity contribution in [3.63, 3.8) is 0 Å². The summed E-state index contributed by atoms with van der Waals surface area (Å²) in [6.45, 7) is 0. The Bertz CT molecular complexity index is 448. The van der Waals surface area contributed by atoms with Gasteiger partial charge in [0.1, 0.15) is 14.4 Å². The molecule has 92 valence electrons. The molecule has 0 heterocycles. The highest BCUT2D eigenvalue weighted by molar-refractivity contribution is 6.54. The third kappa shape index (κ3) is 3.45. The molecule has 1 aliphatic rings. The zero-order valence-corrected chi connectivity index (χ0v) is 11.8. The van der Waals surface area contributed by atoms with Crippen LogP contribution >= 0.6 is 46.4 Å². The maximum atomic E-state index is 9.24. The van der Waals surface area contributed by atoms with E-state index in [1.807, 2.05) is 0 Å². The van der Waals surface area contributed by atoms with E-state index in [2.05, 4.69) is 0 Å². The Morgan fingerprint density at radius 3 is 2.12 bits per heavy atom. The van der Waals surface area contributed by atoms with Gasteiger partial charge >= 0.3 is 0 Å². The molecule has 1 N–H and O–H groups in total. The van der Waals surface area contributed by atoms with Crippen molar-refractivity contribution in [2.24, 2.45) is 0 Å². The molecule has 0 unspecified atom stereocenters. The highest BCUT2D eigenvalue weighted by atomic mass is 35.5. The maximum absolute atomic E-state index is 9.24. The molecule has 0 spiro atoms. The molecule has 1 aliphatic carbocycles. The van der Waals surface area contributed by atoms with E-state index in [0.29, 0.717) is 6.42 Å². The van der Waals surface area contributed by atoms with Gasteiger partial charge < -0.3 is 5.11 Å².